The highest BCUT2D eigenvalue weighted by atomic mass is 35.5. The summed E-state index contributed by atoms with van der Waals surface area (Å²) in [6, 6.07) is 5.27. The molecule has 1 N–H and O–H groups in total. The molecule has 0 bridgehead atoms. The minimum Gasteiger partial charge on any atom is -0.310 e. The molecule has 17 heavy (non-hydrogen) atoms. The summed E-state index contributed by atoms with van der Waals surface area (Å²) in [6.07, 6.45) is 0. The molecule has 0 fully saturated rings. The monoisotopic (exact) mass is 271 g/mol. The van der Waals surface area contributed by atoms with Crippen LogP contribution in [0.3, 0.4) is 0 Å². The van der Waals surface area contributed by atoms with Crippen LogP contribution in [0.4, 0.5) is 0 Å². The van der Waals surface area contributed by atoms with Gasteiger partial charge in [-0.05, 0) is 35.2 Å². The summed E-state index contributed by atoms with van der Waals surface area (Å²) < 4.78 is 1.63. The van der Waals surface area contributed by atoms with Crippen LogP contribution < -0.4 is 5.32 Å². The summed E-state index contributed by atoms with van der Waals surface area (Å²) in [7, 11) is 0. The second-order valence-electron chi connectivity index (χ2n) is 3.39. The standard InChI is InChI=1S/C10H11Cl2N5/c1-2-13-6-10-14-15-16-17(10)7-3-4-8(11)9(12)5-7/h3-5,13H,2,6H2,1H3. The van der Waals surface area contributed by atoms with Crippen LogP contribution in [-0.2, 0) is 6.54 Å². The number of rotatable bonds is 4. The first-order valence-corrected chi connectivity index (χ1v) is 5.91. The average molecular weight is 272 g/mol. The van der Waals surface area contributed by atoms with Gasteiger partial charge in [-0.1, -0.05) is 30.1 Å². The summed E-state index contributed by atoms with van der Waals surface area (Å²) >= 11 is 11.8. The number of tetrazole rings is 1. The Morgan fingerprint density at radius 3 is 2.82 bits per heavy atom. The SMILES string of the molecule is CCNCc1nnnn1-c1ccc(Cl)c(Cl)c1. The lowest BCUT2D eigenvalue weighted by atomic mass is 10.3. The summed E-state index contributed by atoms with van der Waals surface area (Å²) in [4.78, 5) is 0. The number of nitrogens with one attached hydrogen (secondary N) is 1. The molecule has 0 aliphatic heterocycles. The smallest absolute Gasteiger partial charge is 0.170 e. The van der Waals surface area contributed by atoms with Gasteiger partial charge in [0.15, 0.2) is 5.82 Å². The Kier molecular flexibility index (Phi) is 3.93. The number of benzene rings is 1. The van der Waals surface area contributed by atoms with E-state index in [-0.39, 0.29) is 0 Å². The maximum Gasteiger partial charge on any atom is 0.170 e. The van der Waals surface area contributed by atoms with E-state index in [2.05, 4.69) is 20.8 Å². The molecule has 0 saturated carbocycles. The maximum absolute atomic E-state index is 5.96. The summed E-state index contributed by atoms with van der Waals surface area (Å²) in [5, 5.41) is 15.7. The second-order valence-corrected chi connectivity index (χ2v) is 4.20. The highest BCUT2D eigenvalue weighted by Gasteiger charge is 2.08. The predicted octanol–water partition coefficient (Wildman–Crippen LogP) is 2.08. The molecule has 7 heteroatoms. The number of hydrogen-bond donors (Lipinski definition) is 1. The van der Waals surface area contributed by atoms with Gasteiger partial charge in [-0.25, -0.2) is 0 Å². The van der Waals surface area contributed by atoms with Crippen molar-refractivity contribution in [3.63, 3.8) is 0 Å². The molecule has 0 saturated heterocycles. The summed E-state index contributed by atoms with van der Waals surface area (Å²) in [5.74, 6) is 0.727. The van der Waals surface area contributed by atoms with Crippen molar-refractivity contribution in [1.82, 2.24) is 25.5 Å². The van der Waals surface area contributed by atoms with E-state index in [9.17, 15) is 0 Å². The van der Waals surface area contributed by atoms with Gasteiger partial charge in [0.1, 0.15) is 0 Å². The average Bonchev–Trinajstić information content (AvgIpc) is 2.78. The third-order valence-electron chi connectivity index (χ3n) is 2.21. The zero-order valence-corrected chi connectivity index (χ0v) is 10.7. The van der Waals surface area contributed by atoms with Crippen LogP contribution in [0.1, 0.15) is 12.7 Å². The summed E-state index contributed by atoms with van der Waals surface area (Å²) in [6.45, 7) is 3.48. The predicted molar refractivity (Wildman–Crippen MR) is 66.6 cm³/mol. The molecule has 1 heterocycles. The van der Waals surface area contributed by atoms with Crippen molar-refractivity contribution < 1.29 is 0 Å². The van der Waals surface area contributed by atoms with E-state index in [0.29, 0.717) is 16.6 Å². The Morgan fingerprint density at radius 1 is 1.29 bits per heavy atom. The number of halogens is 2. The van der Waals surface area contributed by atoms with Crippen LogP contribution in [-0.4, -0.2) is 26.8 Å². The zero-order valence-electron chi connectivity index (χ0n) is 9.19. The van der Waals surface area contributed by atoms with Gasteiger partial charge in [0, 0.05) is 0 Å². The van der Waals surface area contributed by atoms with E-state index < -0.39 is 0 Å². The van der Waals surface area contributed by atoms with Crippen LogP contribution in [0.2, 0.25) is 10.0 Å². The van der Waals surface area contributed by atoms with Crippen molar-refractivity contribution >= 4 is 23.2 Å². The lowest BCUT2D eigenvalue weighted by molar-refractivity contribution is 0.664. The molecule has 0 unspecified atom stereocenters. The quantitative estimate of drug-likeness (QED) is 0.925. The maximum atomic E-state index is 5.96. The first kappa shape index (κ1) is 12.3. The largest absolute Gasteiger partial charge is 0.310 e. The van der Waals surface area contributed by atoms with E-state index in [4.69, 9.17) is 23.2 Å². The van der Waals surface area contributed by atoms with Crippen LogP contribution >= 0.6 is 23.2 Å². The van der Waals surface area contributed by atoms with Gasteiger partial charge in [-0.3, -0.25) is 0 Å². The molecular weight excluding hydrogens is 261 g/mol. The van der Waals surface area contributed by atoms with E-state index in [0.717, 1.165) is 18.1 Å². The fourth-order valence-electron chi connectivity index (χ4n) is 1.37. The van der Waals surface area contributed by atoms with Crippen molar-refractivity contribution in [2.24, 2.45) is 0 Å². The van der Waals surface area contributed by atoms with Gasteiger partial charge in [0.05, 0.1) is 22.3 Å². The first-order valence-electron chi connectivity index (χ1n) is 5.15. The lowest BCUT2D eigenvalue weighted by Gasteiger charge is -2.05. The fraction of sp³-hybridized carbons (Fsp3) is 0.300. The van der Waals surface area contributed by atoms with Crippen LogP contribution in [0.15, 0.2) is 18.2 Å². The van der Waals surface area contributed by atoms with Gasteiger partial charge in [0.25, 0.3) is 0 Å². The van der Waals surface area contributed by atoms with Crippen molar-refractivity contribution in [1.29, 1.82) is 0 Å². The van der Waals surface area contributed by atoms with Crippen molar-refractivity contribution in [2.45, 2.75) is 13.5 Å². The molecule has 2 aromatic rings. The van der Waals surface area contributed by atoms with Gasteiger partial charge >= 0.3 is 0 Å². The first-order chi connectivity index (χ1) is 8.22. The summed E-state index contributed by atoms with van der Waals surface area (Å²) in [5.41, 5.74) is 0.789. The van der Waals surface area contributed by atoms with Gasteiger partial charge in [0.2, 0.25) is 0 Å². The fourth-order valence-corrected chi connectivity index (χ4v) is 1.66. The topological polar surface area (TPSA) is 55.6 Å². The van der Waals surface area contributed by atoms with Gasteiger partial charge in [-0.2, -0.15) is 4.68 Å². The molecule has 1 aromatic carbocycles. The second kappa shape index (κ2) is 5.44. The number of aromatic nitrogens is 4. The zero-order chi connectivity index (χ0) is 12.3. The Bertz CT molecular complexity index is 511. The van der Waals surface area contributed by atoms with Crippen LogP contribution in [0.5, 0.6) is 0 Å². The minimum atomic E-state index is 0.481. The Labute approximate surface area is 109 Å². The molecular formula is C10H11Cl2N5. The van der Waals surface area contributed by atoms with Crippen molar-refractivity contribution in [3.05, 3.63) is 34.1 Å². The molecule has 5 nitrogen and oxygen atoms in total. The molecule has 0 atom stereocenters. The third kappa shape index (κ3) is 2.74. The highest BCUT2D eigenvalue weighted by molar-refractivity contribution is 6.42. The number of hydrogen-bond acceptors (Lipinski definition) is 4. The molecule has 0 radical (unpaired) electrons. The molecule has 90 valence electrons. The molecule has 0 amide bonds. The van der Waals surface area contributed by atoms with E-state index in [1.807, 2.05) is 13.0 Å². The minimum absolute atomic E-state index is 0.481. The van der Waals surface area contributed by atoms with E-state index in [1.165, 1.54) is 0 Å². The van der Waals surface area contributed by atoms with Crippen LogP contribution in [0, 0.1) is 0 Å². The normalized spacial score (nSPS) is 10.8. The molecule has 0 aliphatic carbocycles. The third-order valence-corrected chi connectivity index (χ3v) is 2.95. The Balaban J connectivity index is 2.32. The van der Waals surface area contributed by atoms with Gasteiger partial charge < -0.3 is 5.32 Å². The van der Waals surface area contributed by atoms with Crippen LogP contribution in [0.25, 0.3) is 5.69 Å². The molecule has 0 spiro atoms. The van der Waals surface area contributed by atoms with Crippen molar-refractivity contribution in [2.75, 3.05) is 6.54 Å². The van der Waals surface area contributed by atoms with Crippen molar-refractivity contribution in [3.8, 4) is 5.69 Å². The Hall–Kier alpha value is -1.17. The molecule has 0 aliphatic rings. The lowest BCUT2D eigenvalue weighted by Crippen LogP contribution is -2.16. The molecule has 1 aromatic heterocycles. The van der Waals surface area contributed by atoms with E-state index >= 15 is 0 Å². The number of nitrogens with zero attached hydrogens (tertiary/aromatic N) is 4. The van der Waals surface area contributed by atoms with E-state index in [1.54, 1.807) is 16.8 Å². The highest BCUT2D eigenvalue weighted by Crippen LogP contribution is 2.24. The molecule has 2 rings (SSSR count). The Morgan fingerprint density at radius 2 is 2.12 bits per heavy atom. The van der Waals surface area contributed by atoms with Gasteiger partial charge in [-0.15, -0.1) is 5.10 Å².